The van der Waals surface area contributed by atoms with Gasteiger partial charge in [-0.3, -0.25) is 9.59 Å². The van der Waals surface area contributed by atoms with Crippen LogP contribution in [0.2, 0.25) is 0 Å². The van der Waals surface area contributed by atoms with Crippen molar-refractivity contribution in [2.75, 3.05) is 13.3 Å². The van der Waals surface area contributed by atoms with E-state index in [4.69, 9.17) is 9.47 Å². The number of hydrogen-bond donors (Lipinski definition) is 2. The van der Waals surface area contributed by atoms with Gasteiger partial charge in [-0.05, 0) is 24.1 Å². The maximum absolute atomic E-state index is 11.7. The molecule has 1 aromatic rings. The molecule has 0 spiro atoms. The van der Waals surface area contributed by atoms with Crippen molar-refractivity contribution in [2.45, 2.75) is 39.2 Å². The summed E-state index contributed by atoms with van der Waals surface area (Å²) in [4.78, 5) is 23.2. The number of fused-ring (bicyclic) bond motifs is 1. The third-order valence-corrected chi connectivity index (χ3v) is 3.36. The molecule has 0 saturated carbocycles. The summed E-state index contributed by atoms with van der Waals surface area (Å²) in [6, 6.07) is 5.55. The standard InChI is InChI=1S/C16H22N2O4/c1-2-3-8-17-15(19)6-7-16(20)18-10-12-4-5-13-14(9-12)22-11-21-13/h4-5,9H,2-3,6-8,10-11H2,1H3,(H,17,19)(H,18,20). The first kappa shape index (κ1) is 16.1. The molecule has 6 nitrogen and oxygen atoms in total. The quantitative estimate of drug-likeness (QED) is 0.717. The van der Waals surface area contributed by atoms with Crippen molar-refractivity contribution in [1.29, 1.82) is 0 Å². The lowest BCUT2D eigenvalue weighted by atomic mass is 10.2. The van der Waals surface area contributed by atoms with Crippen LogP contribution in [-0.2, 0) is 16.1 Å². The van der Waals surface area contributed by atoms with E-state index >= 15 is 0 Å². The number of ether oxygens (including phenoxy) is 2. The third-order valence-electron chi connectivity index (χ3n) is 3.36. The summed E-state index contributed by atoms with van der Waals surface area (Å²) in [5.41, 5.74) is 0.935. The molecule has 0 aliphatic carbocycles. The summed E-state index contributed by atoms with van der Waals surface area (Å²) >= 11 is 0. The highest BCUT2D eigenvalue weighted by Gasteiger charge is 2.13. The van der Waals surface area contributed by atoms with Crippen LogP contribution in [0.15, 0.2) is 18.2 Å². The number of nitrogens with one attached hydrogen (secondary N) is 2. The molecule has 1 aliphatic rings. The Hall–Kier alpha value is -2.24. The number of benzene rings is 1. The van der Waals surface area contributed by atoms with Crippen LogP contribution in [0.1, 0.15) is 38.2 Å². The minimum Gasteiger partial charge on any atom is -0.454 e. The lowest BCUT2D eigenvalue weighted by molar-refractivity contribution is -0.126. The van der Waals surface area contributed by atoms with Crippen molar-refractivity contribution >= 4 is 11.8 Å². The zero-order chi connectivity index (χ0) is 15.8. The number of hydrogen-bond acceptors (Lipinski definition) is 4. The van der Waals surface area contributed by atoms with Crippen LogP contribution in [0.3, 0.4) is 0 Å². The molecular weight excluding hydrogens is 284 g/mol. The van der Waals surface area contributed by atoms with E-state index in [0.29, 0.717) is 18.8 Å². The van der Waals surface area contributed by atoms with E-state index in [-0.39, 0.29) is 31.4 Å². The second-order valence-electron chi connectivity index (χ2n) is 5.17. The largest absolute Gasteiger partial charge is 0.454 e. The van der Waals surface area contributed by atoms with Gasteiger partial charge in [0.05, 0.1) is 0 Å². The Balaban J connectivity index is 1.66. The molecule has 0 bridgehead atoms. The van der Waals surface area contributed by atoms with Crippen LogP contribution >= 0.6 is 0 Å². The van der Waals surface area contributed by atoms with E-state index in [1.807, 2.05) is 18.2 Å². The first-order valence-corrected chi connectivity index (χ1v) is 7.61. The van der Waals surface area contributed by atoms with Gasteiger partial charge in [0.15, 0.2) is 11.5 Å². The van der Waals surface area contributed by atoms with Crippen molar-refractivity contribution < 1.29 is 19.1 Å². The molecule has 2 amide bonds. The molecule has 1 aromatic carbocycles. The lowest BCUT2D eigenvalue weighted by Gasteiger charge is -2.07. The van der Waals surface area contributed by atoms with Crippen LogP contribution < -0.4 is 20.1 Å². The van der Waals surface area contributed by atoms with E-state index in [1.165, 1.54) is 0 Å². The molecule has 0 fully saturated rings. The number of amides is 2. The first-order chi connectivity index (χ1) is 10.7. The highest BCUT2D eigenvalue weighted by molar-refractivity contribution is 5.83. The minimum atomic E-state index is -0.136. The van der Waals surface area contributed by atoms with Crippen molar-refractivity contribution in [3.05, 3.63) is 23.8 Å². The summed E-state index contributed by atoms with van der Waals surface area (Å²) in [5, 5.41) is 5.59. The van der Waals surface area contributed by atoms with Crippen LogP contribution in [0.4, 0.5) is 0 Å². The highest BCUT2D eigenvalue weighted by atomic mass is 16.7. The zero-order valence-electron chi connectivity index (χ0n) is 12.8. The van der Waals surface area contributed by atoms with Gasteiger partial charge in [-0.2, -0.15) is 0 Å². The van der Waals surface area contributed by atoms with Crippen molar-refractivity contribution in [3.8, 4) is 11.5 Å². The maximum atomic E-state index is 11.7. The molecule has 1 aliphatic heterocycles. The van der Waals surface area contributed by atoms with Crippen LogP contribution in [-0.4, -0.2) is 25.2 Å². The van der Waals surface area contributed by atoms with E-state index in [0.717, 1.165) is 24.2 Å². The van der Waals surface area contributed by atoms with Gasteiger partial charge in [0, 0.05) is 25.9 Å². The number of unbranched alkanes of at least 4 members (excludes halogenated alkanes) is 1. The Morgan fingerprint density at radius 1 is 1.09 bits per heavy atom. The van der Waals surface area contributed by atoms with Crippen LogP contribution in [0.5, 0.6) is 11.5 Å². The zero-order valence-corrected chi connectivity index (χ0v) is 12.8. The van der Waals surface area contributed by atoms with Crippen LogP contribution in [0, 0.1) is 0 Å². The van der Waals surface area contributed by atoms with E-state index in [2.05, 4.69) is 17.6 Å². The molecule has 0 aromatic heterocycles. The number of carbonyl (C=O) groups excluding carboxylic acids is 2. The first-order valence-electron chi connectivity index (χ1n) is 7.61. The molecule has 2 N–H and O–H groups in total. The SMILES string of the molecule is CCCCNC(=O)CCC(=O)NCc1ccc2c(c1)OCO2. The van der Waals surface area contributed by atoms with Gasteiger partial charge in [-0.1, -0.05) is 19.4 Å². The molecule has 2 rings (SSSR count). The molecule has 6 heteroatoms. The average Bonchev–Trinajstić information content (AvgIpc) is 2.98. The highest BCUT2D eigenvalue weighted by Crippen LogP contribution is 2.32. The predicted molar refractivity (Wildman–Crippen MR) is 81.6 cm³/mol. The molecule has 0 atom stereocenters. The molecule has 22 heavy (non-hydrogen) atoms. The molecule has 1 heterocycles. The second-order valence-corrected chi connectivity index (χ2v) is 5.17. The Kier molecular flexibility index (Phi) is 6.06. The topological polar surface area (TPSA) is 76.7 Å². The molecule has 120 valence electrons. The van der Waals surface area contributed by atoms with Crippen LogP contribution in [0.25, 0.3) is 0 Å². The number of carbonyl (C=O) groups is 2. The van der Waals surface area contributed by atoms with Gasteiger partial charge in [-0.15, -0.1) is 0 Å². The third kappa shape index (κ3) is 4.95. The Morgan fingerprint density at radius 3 is 2.59 bits per heavy atom. The fraction of sp³-hybridized carbons (Fsp3) is 0.500. The number of rotatable bonds is 8. The molecule has 0 unspecified atom stereocenters. The Bertz CT molecular complexity index is 531. The van der Waals surface area contributed by atoms with Gasteiger partial charge in [0.1, 0.15) is 0 Å². The van der Waals surface area contributed by atoms with Gasteiger partial charge < -0.3 is 20.1 Å². The monoisotopic (exact) mass is 306 g/mol. The average molecular weight is 306 g/mol. The van der Waals surface area contributed by atoms with Gasteiger partial charge >= 0.3 is 0 Å². The van der Waals surface area contributed by atoms with Crippen molar-refractivity contribution in [2.24, 2.45) is 0 Å². The van der Waals surface area contributed by atoms with Crippen molar-refractivity contribution in [1.82, 2.24) is 10.6 Å². The molecular formula is C16H22N2O4. The van der Waals surface area contributed by atoms with E-state index < -0.39 is 0 Å². The normalized spacial score (nSPS) is 12.0. The van der Waals surface area contributed by atoms with Gasteiger partial charge in [-0.25, -0.2) is 0 Å². The fourth-order valence-electron chi connectivity index (χ4n) is 2.06. The molecule has 0 saturated heterocycles. The second kappa shape index (κ2) is 8.26. The summed E-state index contributed by atoms with van der Waals surface area (Å²) in [7, 11) is 0. The van der Waals surface area contributed by atoms with E-state index in [1.54, 1.807) is 0 Å². The maximum Gasteiger partial charge on any atom is 0.231 e. The van der Waals surface area contributed by atoms with Gasteiger partial charge in [0.2, 0.25) is 18.6 Å². The summed E-state index contributed by atoms with van der Waals surface area (Å²) in [6.45, 7) is 3.38. The van der Waals surface area contributed by atoms with Crippen molar-refractivity contribution in [3.63, 3.8) is 0 Å². The summed E-state index contributed by atoms with van der Waals surface area (Å²) < 4.78 is 10.5. The Morgan fingerprint density at radius 2 is 1.82 bits per heavy atom. The Labute approximate surface area is 130 Å². The predicted octanol–water partition coefficient (Wildman–Crippen LogP) is 1.73. The summed E-state index contributed by atoms with van der Waals surface area (Å²) in [6.07, 6.45) is 2.41. The lowest BCUT2D eigenvalue weighted by Crippen LogP contribution is -2.28. The smallest absolute Gasteiger partial charge is 0.231 e. The fourth-order valence-corrected chi connectivity index (χ4v) is 2.06. The van der Waals surface area contributed by atoms with E-state index in [9.17, 15) is 9.59 Å². The minimum absolute atomic E-state index is 0.0771. The van der Waals surface area contributed by atoms with Gasteiger partial charge in [0.25, 0.3) is 0 Å². The summed E-state index contributed by atoms with van der Waals surface area (Å²) in [5.74, 6) is 1.20. The molecule has 0 radical (unpaired) electrons.